The third-order valence-corrected chi connectivity index (χ3v) is 5.11. The molecule has 0 bridgehead atoms. The Hall–Kier alpha value is -0.910. The fraction of sp³-hybridized carbons (Fsp3) is 0.667. The first kappa shape index (κ1) is 14.0. The molecule has 3 rings (SSSR count). The Morgan fingerprint density at radius 1 is 1.50 bits per heavy atom. The van der Waals surface area contributed by atoms with Gasteiger partial charge in [-0.1, -0.05) is 13.8 Å². The zero-order chi connectivity index (χ0) is 14.1. The average Bonchev–Trinajstić information content (AvgIpc) is 2.91. The Labute approximate surface area is 124 Å². The number of nitrogens with one attached hydrogen (secondary N) is 1. The highest BCUT2D eigenvalue weighted by molar-refractivity contribution is 7.15. The molecule has 0 radical (unpaired) electrons. The lowest BCUT2D eigenvalue weighted by Crippen LogP contribution is -2.42. The van der Waals surface area contributed by atoms with Crippen LogP contribution in [0.3, 0.4) is 0 Å². The Bertz CT molecular complexity index is 530. The molecule has 0 aromatic carbocycles. The SMILES string of the molecule is CC(C)C1CN(Cc2cn3ccsc3n2)C(C)CCN1. The molecule has 0 spiro atoms. The molecule has 2 unspecified atom stereocenters. The standard InChI is InChI=1S/C15H24N4S/c1-11(2)14-10-19(12(3)4-5-16-14)9-13-8-18-6-7-20-15(18)17-13/h6-8,11-12,14,16H,4-5,9-10H2,1-3H3. The van der Waals surface area contributed by atoms with E-state index < -0.39 is 0 Å². The number of rotatable bonds is 3. The molecule has 4 nitrogen and oxygen atoms in total. The van der Waals surface area contributed by atoms with Crippen LogP contribution < -0.4 is 5.32 Å². The molecule has 3 heterocycles. The van der Waals surface area contributed by atoms with E-state index >= 15 is 0 Å². The summed E-state index contributed by atoms with van der Waals surface area (Å²) in [5.41, 5.74) is 1.19. The monoisotopic (exact) mass is 292 g/mol. The maximum absolute atomic E-state index is 4.72. The third-order valence-electron chi connectivity index (χ3n) is 4.34. The number of hydrogen-bond acceptors (Lipinski definition) is 4. The molecule has 0 aliphatic carbocycles. The largest absolute Gasteiger partial charge is 0.312 e. The van der Waals surface area contributed by atoms with Crippen molar-refractivity contribution in [3.8, 4) is 0 Å². The van der Waals surface area contributed by atoms with Gasteiger partial charge in [-0.2, -0.15) is 0 Å². The number of nitrogens with zero attached hydrogens (tertiary/aromatic N) is 3. The van der Waals surface area contributed by atoms with Gasteiger partial charge in [-0.15, -0.1) is 11.3 Å². The van der Waals surface area contributed by atoms with Crippen molar-refractivity contribution >= 4 is 16.3 Å². The molecule has 1 fully saturated rings. The van der Waals surface area contributed by atoms with Gasteiger partial charge >= 0.3 is 0 Å². The molecule has 20 heavy (non-hydrogen) atoms. The van der Waals surface area contributed by atoms with Crippen LogP contribution in [0.25, 0.3) is 4.96 Å². The van der Waals surface area contributed by atoms with Crippen molar-refractivity contribution in [1.82, 2.24) is 19.6 Å². The summed E-state index contributed by atoms with van der Waals surface area (Å²) in [6.45, 7) is 10.1. The highest BCUT2D eigenvalue weighted by Gasteiger charge is 2.25. The van der Waals surface area contributed by atoms with E-state index in [0.29, 0.717) is 18.0 Å². The highest BCUT2D eigenvalue weighted by Crippen LogP contribution is 2.18. The van der Waals surface area contributed by atoms with Crippen molar-refractivity contribution < 1.29 is 0 Å². The maximum Gasteiger partial charge on any atom is 0.193 e. The van der Waals surface area contributed by atoms with Gasteiger partial charge in [-0.3, -0.25) is 9.30 Å². The Morgan fingerprint density at radius 2 is 2.35 bits per heavy atom. The van der Waals surface area contributed by atoms with E-state index in [9.17, 15) is 0 Å². The molecule has 2 aromatic heterocycles. The average molecular weight is 292 g/mol. The lowest BCUT2D eigenvalue weighted by atomic mass is 10.0. The molecular formula is C15H24N4S. The van der Waals surface area contributed by atoms with Crippen molar-refractivity contribution in [3.63, 3.8) is 0 Å². The minimum Gasteiger partial charge on any atom is -0.312 e. The Morgan fingerprint density at radius 3 is 3.10 bits per heavy atom. The molecule has 1 N–H and O–H groups in total. The predicted molar refractivity (Wildman–Crippen MR) is 84.2 cm³/mol. The summed E-state index contributed by atoms with van der Waals surface area (Å²) in [6, 6.07) is 1.20. The summed E-state index contributed by atoms with van der Waals surface area (Å²) in [5, 5.41) is 5.77. The van der Waals surface area contributed by atoms with E-state index in [4.69, 9.17) is 4.98 Å². The van der Waals surface area contributed by atoms with Crippen LogP contribution in [0, 0.1) is 5.92 Å². The normalized spacial score (nSPS) is 25.4. The first-order valence-electron chi connectivity index (χ1n) is 7.52. The second-order valence-corrected chi connectivity index (χ2v) is 7.07. The van der Waals surface area contributed by atoms with Crippen LogP contribution in [-0.2, 0) is 6.54 Å². The van der Waals surface area contributed by atoms with Crippen LogP contribution in [0.5, 0.6) is 0 Å². The summed E-state index contributed by atoms with van der Waals surface area (Å²) in [5.74, 6) is 0.674. The number of aromatic nitrogens is 2. The van der Waals surface area contributed by atoms with Crippen LogP contribution in [0.15, 0.2) is 17.8 Å². The van der Waals surface area contributed by atoms with Crippen LogP contribution in [-0.4, -0.2) is 39.5 Å². The van der Waals surface area contributed by atoms with E-state index in [1.807, 2.05) is 0 Å². The van der Waals surface area contributed by atoms with E-state index in [2.05, 4.69) is 53.2 Å². The molecule has 1 aliphatic heterocycles. The van der Waals surface area contributed by atoms with E-state index in [1.165, 1.54) is 12.1 Å². The van der Waals surface area contributed by atoms with Gasteiger partial charge < -0.3 is 5.32 Å². The molecular weight excluding hydrogens is 268 g/mol. The molecule has 5 heteroatoms. The van der Waals surface area contributed by atoms with Gasteiger partial charge in [-0.25, -0.2) is 4.98 Å². The minimum atomic E-state index is 0.587. The molecule has 0 amide bonds. The van der Waals surface area contributed by atoms with Crippen molar-refractivity contribution in [2.24, 2.45) is 5.92 Å². The summed E-state index contributed by atoms with van der Waals surface area (Å²) in [7, 11) is 0. The van der Waals surface area contributed by atoms with Gasteiger partial charge in [0.05, 0.1) is 5.69 Å². The summed E-state index contributed by atoms with van der Waals surface area (Å²) >= 11 is 1.70. The van der Waals surface area contributed by atoms with Crippen LogP contribution in [0.2, 0.25) is 0 Å². The Kier molecular flexibility index (Phi) is 4.10. The first-order chi connectivity index (χ1) is 9.63. The van der Waals surface area contributed by atoms with E-state index in [-0.39, 0.29) is 0 Å². The van der Waals surface area contributed by atoms with Gasteiger partial charge in [0.1, 0.15) is 0 Å². The van der Waals surface area contributed by atoms with Gasteiger partial charge in [0, 0.05) is 42.9 Å². The zero-order valence-corrected chi connectivity index (χ0v) is 13.4. The second-order valence-electron chi connectivity index (χ2n) is 6.20. The van der Waals surface area contributed by atoms with Gasteiger partial charge in [0.15, 0.2) is 4.96 Å². The highest BCUT2D eigenvalue weighted by atomic mass is 32.1. The maximum atomic E-state index is 4.72. The zero-order valence-electron chi connectivity index (χ0n) is 12.5. The van der Waals surface area contributed by atoms with Gasteiger partial charge in [-0.05, 0) is 25.8 Å². The van der Waals surface area contributed by atoms with Crippen molar-refractivity contribution in [2.75, 3.05) is 13.1 Å². The summed E-state index contributed by atoms with van der Waals surface area (Å²) in [4.78, 5) is 8.40. The van der Waals surface area contributed by atoms with Crippen LogP contribution >= 0.6 is 11.3 Å². The molecule has 1 aliphatic rings. The second kappa shape index (κ2) is 5.84. The number of imidazole rings is 1. The third kappa shape index (κ3) is 2.90. The fourth-order valence-corrected chi connectivity index (χ4v) is 3.60. The molecule has 2 atom stereocenters. The summed E-state index contributed by atoms with van der Waals surface area (Å²) < 4.78 is 2.13. The minimum absolute atomic E-state index is 0.587. The summed E-state index contributed by atoms with van der Waals surface area (Å²) in [6.07, 6.45) is 5.47. The molecule has 0 saturated carbocycles. The molecule has 1 saturated heterocycles. The van der Waals surface area contributed by atoms with Crippen LogP contribution in [0.4, 0.5) is 0 Å². The lowest BCUT2D eigenvalue weighted by Gasteiger charge is -2.29. The van der Waals surface area contributed by atoms with Crippen LogP contribution in [0.1, 0.15) is 32.9 Å². The number of thiazole rings is 1. The fourth-order valence-electron chi connectivity index (χ4n) is 2.88. The van der Waals surface area contributed by atoms with Crippen molar-refractivity contribution in [1.29, 1.82) is 0 Å². The Balaban J connectivity index is 1.74. The number of hydrogen-bond donors (Lipinski definition) is 1. The lowest BCUT2D eigenvalue weighted by molar-refractivity contribution is 0.182. The van der Waals surface area contributed by atoms with Crippen molar-refractivity contribution in [3.05, 3.63) is 23.5 Å². The van der Waals surface area contributed by atoms with E-state index in [0.717, 1.165) is 24.6 Å². The van der Waals surface area contributed by atoms with Gasteiger partial charge in [0.2, 0.25) is 0 Å². The first-order valence-corrected chi connectivity index (χ1v) is 8.40. The van der Waals surface area contributed by atoms with Gasteiger partial charge in [0.25, 0.3) is 0 Å². The molecule has 110 valence electrons. The quantitative estimate of drug-likeness (QED) is 0.944. The van der Waals surface area contributed by atoms with E-state index in [1.54, 1.807) is 11.3 Å². The number of fused-ring (bicyclic) bond motifs is 1. The predicted octanol–water partition coefficient (Wildman–Crippen LogP) is 2.60. The van der Waals surface area contributed by atoms with Crippen molar-refractivity contribution in [2.45, 2.75) is 45.8 Å². The smallest absolute Gasteiger partial charge is 0.193 e. The topological polar surface area (TPSA) is 32.6 Å². The molecule has 2 aromatic rings.